The van der Waals surface area contributed by atoms with Crippen LogP contribution in [0.3, 0.4) is 0 Å². The van der Waals surface area contributed by atoms with E-state index < -0.39 is 23.9 Å². The van der Waals surface area contributed by atoms with Gasteiger partial charge in [-0.15, -0.1) is 0 Å². The number of hydrogen-bond acceptors (Lipinski definition) is 5. The van der Waals surface area contributed by atoms with Gasteiger partial charge in [0.15, 0.2) is 0 Å². The van der Waals surface area contributed by atoms with Crippen molar-refractivity contribution in [1.29, 1.82) is 0 Å². The quantitative estimate of drug-likeness (QED) is 0.496. The molecule has 0 aromatic heterocycles. The van der Waals surface area contributed by atoms with Crippen molar-refractivity contribution in [2.75, 3.05) is 6.61 Å². The highest BCUT2D eigenvalue weighted by Crippen LogP contribution is 2.20. The van der Waals surface area contributed by atoms with Crippen molar-refractivity contribution in [1.82, 2.24) is 0 Å². The van der Waals surface area contributed by atoms with Crippen molar-refractivity contribution in [3.8, 4) is 0 Å². The van der Waals surface area contributed by atoms with E-state index in [2.05, 4.69) is 20.8 Å². The van der Waals surface area contributed by atoms with Gasteiger partial charge >= 0.3 is 11.9 Å². The minimum Gasteiger partial charge on any atom is -0.480 e. The number of nitrogens with two attached hydrogens (primary N) is 1. The first-order valence-corrected chi connectivity index (χ1v) is 7.19. The normalized spacial score (nSPS) is 14.3. The van der Waals surface area contributed by atoms with Crippen LogP contribution in [0, 0.1) is 11.3 Å². The Morgan fingerprint density at radius 3 is 2.24 bits per heavy atom. The van der Waals surface area contributed by atoms with Gasteiger partial charge in [0.05, 0.1) is 12.5 Å². The fourth-order valence-electron chi connectivity index (χ4n) is 1.76. The van der Waals surface area contributed by atoms with Crippen molar-refractivity contribution in [3.05, 3.63) is 0 Å². The van der Waals surface area contributed by atoms with Crippen LogP contribution < -0.4 is 5.73 Å². The molecule has 6 heteroatoms. The molecular formula is C15H27NO5. The van der Waals surface area contributed by atoms with Crippen LogP contribution in [0.1, 0.15) is 53.4 Å². The third-order valence-corrected chi connectivity index (χ3v) is 3.02. The number of Topliss-reactive ketones (excluding diaryl/α,β-unsaturated/α-hetero) is 1. The minimum absolute atomic E-state index is 0.0426. The summed E-state index contributed by atoms with van der Waals surface area (Å²) in [6.07, 6.45) is 1.41. The fourth-order valence-corrected chi connectivity index (χ4v) is 1.76. The van der Waals surface area contributed by atoms with Crippen LogP contribution in [-0.4, -0.2) is 35.5 Å². The molecule has 0 aliphatic rings. The second kappa shape index (κ2) is 8.77. The van der Waals surface area contributed by atoms with Gasteiger partial charge in [-0.05, 0) is 18.3 Å². The highest BCUT2D eigenvalue weighted by atomic mass is 16.5. The Bertz CT molecular complexity index is 373. The molecule has 3 N–H and O–H groups in total. The third-order valence-electron chi connectivity index (χ3n) is 3.02. The zero-order chi connectivity index (χ0) is 16.6. The lowest BCUT2D eigenvalue weighted by Gasteiger charge is -2.18. The standard InChI is InChI=1S/C15H27NO5/c1-10(8-11(17)9-12(16)13(18)19)14(20)21-7-5-6-15(2,3)4/h10,12H,5-9,16H2,1-4H3,(H,18,19). The Balaban J connectivity index is 3.99. The number of carboxylic acid groups (broad SMARTS) is 1. The highest BCUT2D eigenvalue weighted by Gasteiger charge is 2.22. The molecule has 21 heavy (non-hydrogen) atoms. The summed E-state index contributed by atoms with van der Waals surface area (Å²) in [5.41, 5.74) is 5.47. The summed E-state index contributed by atoms with van der Waals surface area (Å²) in [6.45, 7) is 8.27. The van der Waals surface area contributed by atoms with Crippen LogP contribution in [0.2, 0.25) is 0 Å². The second-order valence-electron chi connectivity index (χ2n) is 6.62. The van der Waals surface area contributed by atoms with Crippen molar-refractivity contribution >= 4 is 17.7 Å². The lowest BCUT2D eigenvalue weighted by atomic mass is 9.91. The SMILES string of the molecule is CC(CC(=O)CC(N)C(=O)O)C(=O)OCCCC(C)(C)C. The number of esters is 1. The Labute approximate surface area is 126 Å². The number of carbonyl (C=O) groups is 3. The molecule has 0 radical (unpaired) electrons. The van der Waals surface area contributed by atoms with Crippen molar-refractivity contribution < 1.29 is 24.2 Å². The molecule has 0 aliphatic heterocycles. The predicted molar refractivity (Wildman–Crippen MR) is 78.7 cm³/mol. The van der Waals surface area contributed by atoms with Crippen LogP contribution in [0.25, 0.3) is 0 Å². The van der Waals surface area contributed by atoms with Gasteiger partial charge in [-0.2, -0.15) is 0 Å². The number of carbonyl (C=O) groups excluding carboxylic acids is 2. The first-order chi connectivity index (χ1) is 9.53. The van der Waals surface area contributed by atoms with E-state index in [9.17, 15) is 14.4 Å². The smallest absolute Gasteiger partial charge is 0.320 e. The van der Waals surface area contributed by atoms with Crippen LogP contribution >= 0.6 is 0 Å². The van der Waals surface area contributed by atoms with Crippen LogP contribution in [0.5, 0.6) is 0 Å². The summed E-state index contributed by atoms with van der Waals surface area (Å²) in [5.74, 6) is -2.57. The van der Waals surface area contributed by atoms with Crippen LogP contribution in [-0.2, 0) is 19.1 Å². The molecule has 0 aromatic carbocycles. The molecule has 0 amide bonds. The maximum Gasteiger partial charge on any atom is 0.320 e. The number of hydrogen-bond donors (Lipinski definition) is 2. The summed E-state index contributed by atoms with van der Waals surface area (Å²) in [7, 11) is 0. The van der Waals surface area contributed by atoms with E-state index in [1.54, 1.807) is 6.92 Å². The average Bonchev–Trinajstić information content (AvgIpc) is 2.32. The van der Waals surface area contributed by atoms with Crippen LogP contribution in [0.15, 0.2) is 0 Å². The van der Waals surface area contributed by atoms with Gasteiger partial charge < -0.3 is 15.6 Å². The molecule has 6 nitrogen and oxygen atoms in total. The molecule has 0 spiro atoms. The number of ether oxygens (including phenoxy) is 1. The van der Waals surface area contributed by atoms with Crippen LogP contribution in [0.4, 0.5) is 0 Å². The van der Waals surface area contributed by atoms with Gasteiger partial charge in [0.25, 0.3) is 0 Å². The van der Waals surface area contributed by atoms with Gasteiger partial charge in [-0.1, -0.05) is 27.7 Å². The third kappa shape index (κ3) is 10.0. The molecule has 0 bridgehead atoms. The molecule has 0 saturated heterocycles. The Morgan fingerprint density at radius 1 is 1.19 bits per heavy atom. The van der Waals surface area contributed by atoms with Gasteiger partial charge in [0.2, 0.25) is 0 Å². The van der Waals surface area contributed by atoms with Gasteiger partial charge in [-0.3, -0.25) is 14.4 Å². The van der Waals surface area contributed by atoms with Gasteiger partial charge in [-0.25, -0.2) is 0 Å². The Morgan fingerprint density at radius 2 is 1.76 bits per heavy atom. The van der Waals surface area contributed by atoms with E-state index in [4.69, 9.17) is 15.6 Å². The van der Waals surface area contributed by atoms with E-state index >= 15 is 0 Å². The van der Waals surface area contributed by atoms with Crippen molar-refractivity contribution in [2.24, 2.45) is 17.1 Å². The molecule has 0 heterocycles. The monoisotopic (exact) mass is 301 g/mol. The maximum absolute atomic E-state index is 11.7. The number of ketones is 1. The number of carboxylic acids is 1. The topological polar surface area (TPSA) is 107 Å². The molecule has 0 aromatic rings. The lowest BCUT2D eigenvalue weighted by Crippen LogP contribution is -2.33. The highest BCUT2D eigenvalue weighted by molar-refractivity contribution is 5.88. The Kier molecular flexibility index (Phi) is 8.17. The van der Waals surface area contributed by atoms with E-state index in [-0.39, 0.29) is 24.0 Å². The predicted octanol–water partition coefficient (Wildman–Crippen LogP) is 1.75. The summed E-state index contributed by atoms with van der Waals surface area (Å²) in [6, 6.07) is -1.22. The van der Waals surface area contributed by atoms with E-state index in [0.29, 0.717) is 6.61 Å². The minimum atomic E-state index is -1.22. The fraction of sp³-hybridized carbons (Fsp3) is 0.800. The Hall–Kier alpha value is -1.43. The molecule has 0 rings (SSSR count). The maximum atomic E-state index is 11.7. The molecule has 2 atom stereocenters. The van der Waals surface area contributed by atoms with Crippen molar-refractivity contribution in [2.45, 2.75) is 59.4 Å². The van der Waals surface area contributed by atoms with E-state index in [1.807, 2.05) is 0 Å². The zero-order valence-electron chi connectivity index (χ0n) is 13.3. The largest absolute Gasteiger partial charge is 0.480 e. The number of aliphatic carboxylic acids is 1. The number of rotatable bonds is 9. The molecular weight excluding hydrogens is 274 g/mol. The molecule has 2 unspecified atom stereocenters. The van der Waals surface area contributed by atoms with Gasteiger partial charge in [0, 0.05) is 12.8 Å². The molecule has 0 aliphatic carbocycles. The summed E-state index contributed by atoms with van der Waals surface area (Å²) < 4.78 is 5.11. The first kappa shape index (κ1) is 19.6. The molecule has 122 valence electrons. The first-order valence-electron chi connectivity index (χ1n) is 7.19. The summed E-state index contributed by atoms with van der Waals surface area (Å²) >= 11 is 0. The van der Waals surface area contributed by atoms with E-state index in [1.165, 1.54) is 0 Å². The summed E-state index contributed by atoms with van der Waals surface area (Å²) in [4.78, 5) is 33.8. The molecule has 0 saturated carbocycles. The lowest BCUT2D eigenvalue weighted by molar-refractivity contribution is -0.149. The molecule has 0 fully saturated rings. The van der Waals surface area contributed by atoms with E-state index in [0.717, 1.165) is 12.8 Å². The zero-order valence-corrected chi connectivity index (χ0v) is 13.3. The summed E-state index contributed by atoms with van der Waals surface area (Å²) in [5, 5.41) is 8.61. The average molecular weight is 301 g/mol. The van der Waals surface area contributed by atoms with Gasteiger partial charge in [0.1, 0.15) is 11.8 Å². The second-order valence-corrected chi connectivity index (χ2v) is 6.62. The van der Waals surface area contributed by atoms with Crippen molar-refractivity contribution in [3.63, 3.8) is 0 Å².